The van der Waals surface area contributed by atoms with Crippen LogP contribution in [0.5, 0.6) is 0 Å². The van der Waals surface area contributed by atoms with E-state index in [1.807, 2.05) is 24.3 Å². The topological polar surface area (TPSA) is 30.7 Å². The van der Waals surface area contributed by atoms with Crippen LogP contribution >= 0.6 is 11.8 Å². The largest absolute Gasteiger partial charge is 0.416 e. The average molecular weight is 415 g/mol. The normalized spacial score (nSPS) is 12.0. The van der Waals surface area contributed by atoms with Gasteiger partial charge in [-0.3, -0.25) is 4.57 Å². The maximum Gasteiger partial charge on any atom is 0.416 e. The molecular weight excluding hydrogens is 395 g/mol. The lowest BCUT2D eigenvalue weighted by Crippen LogP contribution is -2.10. The van der Waals surface area contributed by atoms with Crippen molar-refractivity contribution in [3.05, 3.63) is 59.7 Å². The molecule has 0 fully saturated rings. The van der Waals surface area contributed by atoms with E-state index in [2.05, 4.69) is 36.9 Å². The molecule has 150 valence electrons. The van der Waals surface area contributed by atoms with Gasteiger partial charge in [-0.1, -0.05) is 68.8 Å². The van der Waals surface area contributed by atoms with Gasteiger partial charge in [0.25, 0.3) is 0 Å². The fourth-order valence-corrected chi connectivity index (χ4v) is 3.46. The molecule has 3 nitrogen and oxygen atoms in total. The minimum atomic E-state index is -4.44. The molecule has 0 saturated carbocycles. The number of thioether (sulfide) groups is 1. The number of aromatic nitrogens is 3. The zero-order valence-electron chi connectivity index (χ0n) is 16.3. The van der Waals surface area contributed by atoms with Crippen molar-refractivity contribution in [3.63, 3.8) is 0 Å². The minimum absolute atomic E-state index is 0.0128. The van der Waals surface area contributed by atoms with E-state index in [-0.39, 0.29) is 5.41 Å². The van der Waals surface area contributed by atoms with E-state index >= 15 is 0 Å². The second kappa shape index (κ2) is 7.96. The lowest BCUT2D eigenvalue weighted by atomic mass is 9.87. The number of rotatable bonds is 4. The summed E-state index contributed by atoms with van der Waals surface area (Å²) in [6, 6.07) is 12.9. The van der Waals surface area contributed by atoms with Crippen molar-refractivity contribution in [1.82, 2.24) is 14.8 Å². The Morgan fingerprint density at radius 3 is 2.28 bits per heavy atom. The van der Waals surface area contributed by atoms with E-state index in [0.29, 0.717) is 22.4 Å². The van der Waals surface area contributed by atoms with Crippen LogP contribution in [0.4, 0.5) is 13.2 Å². The molecular formula is C22H20F3N3S. The highest BCUT2D eigenvalue weighted by atomic mass is 32.2. The second-order valence-corrected chi connectivity index (χ2v) is 8.45. The fraction of sp³-hybridized carbons (Fsp3) is 0.273. The molecule has 29 heavy (non-hydrogen) atoms. The first kappa shape index (κ1) is 21.0. The number of benzene rings is 2. The first-order valence-corrected chi connectivity index (χ1v) is 9.90. The molecule has 0 aliphatic rings. The third-order valence-electron chi connectivity index (χ3n) is 4.36. The zero-order chi connectivity index (χ0) is 21.2. The Morgan fingerprint density at radius 1 is 1.00 bits per heavy atom. The van der Waals surface area contributed by atoms with E-state index in [1.54, 1.807) is 10.6 Å². The third-order valence-corrected chi connectivity index (χ3v) is 5.19. The van der Waals surface area contributed by atoms with Crippen molar-refractivity contribution >= 4 is 11.8 Å². The molecule has 0 aliphatic carbocycles. The van der Waals surface area contributed by atoms with E-state index in [0.717, 1.165) is 23.3 Å². The van der Waals surface area contributed by atoms with Crippen molar-refractivity contribution in [2.45, 2.75) is 37.5 Å². The summed E-state index contributed by atoms with van der Waals surface area (Å²) >= 11 is 1.25. The smallest absolute Gasteiger partial charge is 0.270 e. The molecule has 3 rings (SSSR count). The van der Waals surface area contributed by atoms with Gasteiger partial charge in [0.15, 0.2) is 11.0 Å². The molecule has 7 heteroatoms. The first-order valence-electron chi connectivity index (χ1n) is 8.91. The highest BCUT2D eigenvalue weighted by Crippen LogP contribution is 2.34. The standard InChI is InChI=1S/C22H20F3N3S/c1-5-13-29-20-27-26-19(15-9-11-16(12-10-15)21(2,3)4)28(20)18-8-6-7-17(14-18)22(23,24)25/h1,6-12,14H,13H2,2-4H3. The van der Waals surface area contributed by atoms with Crippen molar-refractivity contribution in [3.8, 4) is 29.4 Å². The minimum Gasteiger partial charge on any atom is -0.270 e. The Kier molecular flexibility index (Phi) is 5.76. The molecule has 0 amide bonds. The summed E-state index contributed by atoms with van der Waals surface area (Å²) in [5.41, 5.74) is 1.50. The molecule has 3 aromatic rings. The molecule has 0 bridgehead atoms. The summed E-state index contributed by atoms with van der Waals surface area (Å²) in [6.07, 6.45) is 0.905. The van der Waals surface area contributed by atoms with Gasteiger partial charge in [-0.15, -0.1) is 16.6 Å². The predicted molar refractivity (Wildman–Crippen MR) is 110 cm³/mol. The SMILES string of the molecule is C#CCSc1nnc(-c2ccc(C(C)(C)C)cc2)n1-c1cccc(C(F)(F)F)c1. The van der Waals surface area contributed by atoms with Gasteiger partial charge in [0, 0.05) is 5.56 Å². The van der Waals surface area contributed by atoms with Crippen LogP contribution in [0.15, 0.2) is 53.7 Å². The summed E-state index contributed by atoms with van der Waals surface area (Å²) in [4.78, 5) is 0. The van der Waals surface area contributed by atoms with Crippen LogP contribution in [0, 0.1) is 12.3 Å². The van der Waals surface area contributed by atoms with Crippen molar-refractivity contribution in [1.29, 1.82) is 0 Å². The molecule has 0 spiro atoms. The number of halogens is 3. The Balaban J connectivity index is 2.13. The summed E-state index contributed by atoms with van der Waals surface area (Å²) in [6.45, 7) is 6.34. The lowest BCUT2D eigenvalue weighted by Gasteiger charge is -2.19. The molecule has 0 unspecified atom stereocenters. The number of hydrogen-bond donors (Lipinski definition) is 0. The molecule has 0 saturated heterocycles. The van der Waals surface area contributed by atoms with Crippen molar-refractivity contribution in [2.24, 2.45) is 0 Å². The molecule has 0 aliphatic heterocycles. The van der Waals surface area contributed by atoms with Gasteiger partial charge in [0.05, 0.1) is 17.0 Å². The van der Waals surface area contributed by atoms with Crippen LogP contribution < -0.4 is 0 Å². The van der Waals surface area contributed by atoms with Crippen LogP contribution in [-0.4, -0.2) is 20.5 Å². The molecule has 2 aromatic carbocycles. The van der Waals surface area contributed by atoms with Crippen molar-refractivity contribution < 1.29 is 13.2 Å². The van der Waals surface area contributed by atoms with E-state index < -0.39 is 11.7 Å². The monoisotopic (exact) mass is 415 g/mol. The van der Waals surface area contributed by atoms with Crippen LogP contribution in [0.25, 0.3) is 17.1 Å². The number of alkyl halides is 3. The highest BCUT2D eigenvalue weighted by molar-refractivity contribution is 7.99. The van der Waals surface area contributed by atoms with Gasteiger partial charge >= 0.3 is 6.18 Å². The maximum atomic E-state index is 13.2. The lowest BCUT2D eigenvalue weighted by molar-refractivity contribution is -0.137. The van der Waals surface area contributed by atoms with Gasteiger partial charge in [-0.05, 0) is 29.2 Å². The van der Waals surface area contributed by atoms with E-state index in [4.69, 9.17) is 6.42 Å². The summed E-state index contributed by atoms with van der Waals surface area (Å²) in [5.74, 6) is 3.30. The molecule has 0 N–H and O–H groups in total. The van der Waals surface area contributed by atoms with Gasteiger partial charge in [-0.25, -0.2) is 0 Å². The van der Waals surface area contributed by atoms with Gasteiger partial charge in [0.1, 0.15) is 0 Å². The summed E-state index contributed by atoms with van der Waals surface area (Å²) < 4.78 is 41.3. The van der Waals surface area contributed by atoms with Crippen molar-refractivity contribution in [2.75, 3.05) is 5.75 Å². The summed E-state index contributed by atoms with van der Waals surface area (Å²) in [5, 5.41) is 8.85. The van der Waals surface area contributed by atoms with E-state index in [1.165, 1.54) is 17.8 Å². The molecule has 0 atom stereocenters. The third kappa shape index (κ3) is 4.65. The Labute approximate surface area is 172 Å². The fourth-order valence-electron chi connectivity index (χ4n) is 2.83. The second-order valence-electron chi connectivity index (χ2n) is 7.51. The van der Waals surface area contributed by atoms with Gasteiger partial charge in [0.2, 0.25) is 0 Å². The van der Waals surface area contributed by atoms with Crippen LogP contribution in [0.3, 0.4) is 0 Å². The maximum absolute atomic E-state index is 13.2. The predicted octanol–water partition coefficient (Wildman–Crippen LogP) is 5.98. The highest BCUT2D eigenvalue weighted by Gasteiger charge is 2.31. The quantitative estimate of drug-likeness (QED) is 0.388. The molecule has 1 heterocycles. The van der Waals surface area contributed by atoms with Crippen LogP contribution in [0.1, 0.15) is 31.9 Å². The van der Waals surface area contributed by atoms with Gasteiger partial charge in [-0.2, -0.15) is 13.2 Å². The Hall–Kier alpha value is -2.72. The number of terminal acetylenes is 1. The Bertz CT molecular complexity index is 1040. The molecule has 0 radical (unpaired) electrons. The van der Waals surface area contributed by atoms with E-state index in [9.17, 15) is 13.2 Å². The van der Waals surface area contributed by atoms with Crippen LogP contribution in [-0.2, 0) is 11.6 Å². The van der Waals surface area contributed by atoms with Gasteiger partial charge < -0.3 is 0 Å². The first-order chi connectivity index (χ1) is 13.6. The number of hydrogen-bond acceptors (Lipinski definition) is 3. The molecule has 1 aromatic heterocycles. The summed E-state index contributed by atoms with van der Waals surface area (Å²) in [7, 11) is 0. The Morgan fingerprint density at radius 2 is 1.69 bits per heavy atom. The zero-order valence-corrected chi connectivity index (χ0v) is 17.1. The van der Waals surface area contributed by atoms with Crippen LogP contribution in [0.2, 0.25) is 0 Å². The number of nitrogens with zero attached hydrogens (tertiary/aromatic N) is 3. The average Bonchev–Trinajstić information content (AvgIpc) is 3.09.